The Morgan fingerprint density at radius 2 is 1.85 bits per heavy atom. The molecule has 1 aliphatic rings. The van der Waals surface area contributed by atoms with Crippen LogP contribution in [0.2, 0.25) is 0 Å². The zero-order chi connectivity index (χ0) is 24.7. The topological polar surface area (TPSA) is 78.8 Å². The standard InChI is InChI=1S/C27H33F2NO4/c1-3-27(4-2,15-19-11-20-7-5-6-8-21(20)12-19)30-16-22(31)17-34-24-14-18(9-10-25(32)33)13-23(28)26(24)29/h5-10,13-14,19,22,30-31H,3-4,11-12,15-17H2,1-2H3,(H,32,33)/b10-9+/t22-/m1/s1. The minimum Gasteiger partial charge on any atom is -0.488 e. The van der Waals surface area contributed by atoms with Crippen LogP contribution in [0.4, 0.5) is 8.78 Å². The molecule has 0 saturated heterocycles. The predicted octanol–water partition coefficient (Wildman–Crippen LogP) is 4.76. The highest BCUT2D eigenvalue weighted by Crippen LogP contribution is 2.34. The Bertz CT molecular complexity index is 995. The Morgan fingerprint density at radius 3 is 2.44 bits per heavy atom. The second-order valence-corrected chi connectivity index (χ2v) is 9.07. The van der Waals surface area contributed by atoms with Crippen LogP contribution in [0.1, 0.15) is 49.8 Å². The number of aliphatic hydroxyl groups excluding tert-OH is 1. The van der Waals surface area contributed by atoms with Crippen molar-refractivity contribution in [3.8, 4) is 5.75 Å². The van der Waals surface area contributed by atoms with Crippen LogP contribution in [0, 0.1) is 17.6 Å². The number of ether oxygens (including phenoxy) is 1. The first-order valence-corrected chi connectivity index (χ1v) is 11.8. The normalized spacial score (nSPS) is 15.0. The summed E-state index contributed by atoms with van der Waals surface area (Å²) in [6.07, 6.45) is 5.95. The summed E-state index contributed by atoms with van der Waals surface area (Å²) >= 11 is 0. The number of nitrogens with one attached hydrogen (secondary N) is 1. The Hall–Kier alpha value is -2.77. The van der Waals surface area contributed by atoms with E-state index >= 15 is 0 Å². The van der Waals surface area contributed by atoms with Gasteiger partial charge in [0.1, 0.15) is 12.7 Å². The molecular weight excluding hydrogens is 440 g/mol. The van der Waals surface area contributed by atoms with Crippen LogP contribution in [0.25, 0.3) is 6.08 Å². The fourth-order valence-corrected chi connectivity index (χ4v) is 4.74. The molecule has 184 valence electrons. The number of carboxylic acid groups (broad SMARTS) is 1. The van der Waals surface area contributed by atoms with Crippen molar-refractivity contribution < 1.29 is 28.5 Å². The van der Waals surface area contributed by atoms with Crippen molar-refractivity contribution in [2.24, 2.45) is 5.92 Å². The molecule has 5 nitrogen and oxygen atoms in total. The fraction of sp³-hybridized carbons (Fsp3) is 0.444. The van der Waals surface area contributed by atoms with Crippen LogP contribution in [0.3, 0.4) is 0 Å². The molecule has 3 rings (SSSR count). The van der Waals surface area contributed by atoms with Crippen molar-refractivity contribution in [3.05, 3.63) is 70.8 Å². The third-order valence-corrected chi connectivity index (χ3v) is 6.75. The van der Waals surface area contributed by atoms with Crippen molar-refractivity contribution in [2.45, 2.75) is 57.6 Å². The van der Waals surface area contributed by atoms with Crippen molar-refractivity contribution in [1.82, 2.24) is 5.32 Å². The zero-order valence-electron chi connectivity index (χ0n) is 19.7. The maximum Gasteiger partial charge on any atom is 0.328 e. The van der Waals surface area contributed by atoms with Gasteiger partial charge in [0.15, 0.2) is 11.6 Å². The molecule has 7 heteroatoms. The lowest BCUT2D eigenvalue weighted by Gasteiger charge is -2.36. The van der Waals surface area contributed by atoms with Gasteiger partial charge in [-0.1, -0.05) is 38.1 Å². The summed E-state index contributed by atoms with van der Waals surface area (Å²) in [7, 11) is 0. The summed E-state index contributed by atoms with van der Waals surface area (Å²) in [6.45, 7) is 4.30. The quantitative estimate of drug-likeness (QED) is 0.388. The molecule has 0 saturated carbocycles. The van der Waals surface area contributed by atoms with E-state index in [9.17, 15) is 18.7 Å². The van der Waals surface area contributed by atoms with Crippen molar-refractivity contribution in [3.63, 3.8) is 0 Å². The van der Waals surface area contributed by atoms with Crippen LogP contribution < -0.4 is 10.1 Å². The smallest absolute Gasteiger partial charge is 0.328 e. The van der Waals surface area contributed by atoms with Crippen molar-refractivity contribution >= 4 is 12.0 Å². The molecule has 0 spiro atoms. The molecule has 34 heavy (non-hydrogen) atoms. The number of aliphatic hydroxyl groups is 1. The molecule has 2 aromatic rings. The number of β-amino-alcohol motifs (C(OH)–C–C–N with tert-alkyl or cyclic N) is 1. The van der Waals surface area contributed by atoms with Gasteiger partial charge < -0.3 is 20.3 Å². The highest BCUT2D eigenvalue weighted by Gasteiger charge is 2.32. The second kappa shape index (κ2) is 11.6. The van der Waals surface area contributed by atoms with E-state index in [1.54, 1.807) is 0 Å². The Kier molecular flexibility index (Phi) is 8.80. The number of benzene rings is 2. The van der Waals surface area contributed by atoms with Crippen molar-refractivity contribution in [2.75, 3.05) is 13.2 Å². The molecule has 0 bridgehead atoms. The number of carbonyl (C=O) groups is 1. The van der Waals surface area contributed by atoms with Crippen LogP contribution in [0.15, 0.2) is 42.5 Å². The molecule has 0 unspecified atom stereocenters. The first kappa shape index (κ1) is 25.8. The third kappa shape index (κ3) is 6.64. The maximum atomic E-state index is 14.1. The van der Waals surface area contributed by atoms with Crippen LogP contribution in [0.5, 0.6) is 5.75 Å². The van der Waals surface area contributed by atoms with Gasteiger partial charge in [0.2, 0.25) is 5.82 Å². The summed E-state index contributed by atoms with van der Waals surface area (Å²) in [4.78, 5) is 10.7. The lowest BCUT2D eigenvalue weighted by atomic mass is 9.81. The maximum absolute atomic E-state index is 14.1. The van der Waals surface area contributed by atoms with Crippen LogP contribution >= 0.6 is 0 Å². The summed E-state index contributed by atoms with van der Waals surface area (Å²) in [5.74, 6) is -3.36. The van der Waals surface area contributed by atoms with Crippen LogP contribution in [-0.4, -0.2) is 41.0 Å². The first-order chi connectivity index (χ1) is 16.2. The van der Waals surface area contributed by atoms with E-state index in [4.69, 9.17) is 9.84 Å². The molecule has 3 N–H and O–H groups in total. The first-order valence-electron chi connectivity index (χ1n) is 11.8. The largest absolute Gasteiger partial charge is 0.488 e. The van der Waals surface area contributed by atoms with Crippen LogP contribution in [-0.2, 0) is 17.6 Å². The van der Waals surface area contributed by atoms with E-state index in [-0.39, 0.29) is 30.0 Å². The zero-order valence-corrected chi connectivity index (χ0v) is 19.7. The van der Waals surface area contributed by atoms with Gasteiger partial charge in [-0.25, -0.2) is 9.18 Å². The van der Waals surface area contributed by atoms with Gasteiger partial charge in [0.05, 0.1) is 0 Å². The molecule has 1 atom stereocenters. The molecule has 0 fully saturated rings. The highest BCUT2D eigenvalue weighted by molar-refractivity contribution is 5.85. The van der Waals surface area contributed by atoms with Gasteiger partial charge in [-0.15, -0.1) is 0 Å². The number of fused-ring (bicyclic) bond motifs is 1. The number of hydrogen-bond acceptors (Lipinski definition) is 4. The summed E-state index contributed by atoms with van der Waals surface area (Å²) in [5, 5.41) is 22.7. The minimum atomic E-state index is -1.20. The number of rotatable bonds is 12. The van der Waals surface area contributed by atoms with E-state index in [0.717, 1.165) is 50.3 Å². The average Bonchev–Trinajstić information content (AvgIpc) is 3.23. The molecule has 1 aliphatic carbocycles. The second-order valence-electron chi connectivity index (χ2n) is 9.07. The van der Waals surface area contributed by atoms with E-state index in [1.807, 2.05) is 0 Å². The highest BCUT2D eigenvalue weighted by atomic mass is 19.2. The SMILES string of the molecule is CCC(CC)(CC1Cc2ccccc2C1)NC[C@@H](O)COc1cc(/C=C/C(=O)O)cc(F)c1F. The van der Waals surface area contributed by atoms with Gasteiger partial charge in [0.25, 0.3) is 0 Å². The van der Waals surface area contributed by atoms with Gasteiger partial charge in [-0.05, 0) is 72.9 Å². The van der Waals surface area contributed by atoms with Gasteiger partial charge in [0, 0.05) is 18.2 Å². The van der Waals surface area contributed by atoms with Gasteiger partial charge >= 0.3 is 5.97 Å². The van der Waals surface area contributed by atoms with E-state index in [1.165, 1.54) is 17.2 Å². The molecule has 2 aromatic carbocycles. The molecular formula is C27H33F2NO4. The van der Waals surface area contributed by atoms with E-state index in [2.05, 4.69) is 43.4 Å². The minimum absolute atomic E-state index is 0.132. The third-order valence-electron chi connectivity index (χ3n) is 6.75. The van der Waals surface area contributed by atoms with Gasteiger partial charge in [-0.2, -0.15) is 4.39 Å². The molecule has 0 aliphatic heterocycles. The predicted molar refractivity (Wildman–Crippen MR) is 128 cm³/mol. The van der Waals surface area contributed by atoms with E-state index < -0.39 is 23.7 Å². The summed E-state index contributed by atoms with van der Waals surface area (Å²) in [5.41, 5.74) is 2.85. The molecule has 0 radical (unpaired) electrons. The van der Waals surface area contributed by atoms with E-state index in [0.29, 0.717) is 5.92 Å². The molecule has 0 amide bonds. The molecule has 0 aromatic heterocycles. The number of halogens is 2. The Balaban J connectivity index is 1.56. The lowest BCUT2D eigenvalue weighted by Crippen LogP contribution is -2.49. The molecule has 0 heterocycles. The fourth-order valence-electron chi connectivity index (χ4n) is 4.74. The summed E-state index contributed by atoms with van der Waals surface area (Å²) in [6, 6.07) is 10.6. The average molecular weight is 474 g/mol. The monoisotopic (exact) mass is 473 g/mol. The lowest BCUT2D eigenvalue weighted by molar-refractivity contribution is -0.131. The number of hydrogen-bond donors (Lipinski definition) is 3. The Labute approximate surface area is 199 Å². The van der Waals surface area contributed by atoms with Crippen molar-refractivity contribution in [1.29, 1.82) is 0 Å². The number of carboxylic acids is 1. The Morgan fingerprint density at radius 1 is 1.21 bits per heavy atom. The van der Waals surface area contributed by atoms with Gasteiger partial charge in [-0.3, -0.25) is 0 Å². The summed E-state index contributed by atoms with van der Waals surface area (Å²) < 4.78 is 33.3. The number of aliphatic carboxylic acids is 1.